The fourth-order valence-electron chi connectivity index (χ4n) is 6.75. The third kappa shape index (κ3) is 1.76. The van der Waals surface area contributed by atoms with Gasteiger partial charge in [-0.2, -0.15) is 0 Å². The number of carboxylic acid groups (broad SMARTS) is 1. The molecule has 2 heteroatoms. The summed E-state index contributed by atoms with van der Waals surface area (Å²) in [6, 6.07) is 0. The molecule has 0 aromatic heterocycles. The van der Waals surface area contributed by atoms with Crippen molar-refractivity contribution >= 4 is 5.97 Å². The Balaban J connectivity index is 1.68. The highest BCUT2D eigenvalue weighted by atomic mass is 16.4. The molecule has 120 valence electrons. The lowest BCUT2D eigenvalue weighted by molar-refractivity contribution is -0.148. The molecule has 3 saturated carbocycles. The zero-order valence-corrected chi connectivity index (χ0v) is 13.8. The molecule has 0 radical (unpaired) electrons. The van der Waals surface area contributed by atoms with Crippen molar-refractivity contribution in [1.29, 1.82) is 0 Å². The van der Waals surface area contributed by atoms with Gasteiger partial charge in [-0.05, 0) is 68.1 Å². The molecule has 0 unspecified atom stereocenters. The van der Waals surface area contributed by atoms with E-state index in [1.165, 1.54) is 19.3 Å². The Kier molecular flexibility index (Phi) is 3.12. The van der Waals surface area contributed by atoms with Crippen LogP contribution in [-0.4, -0.2) is 11.1 Å². The molecule has 3 fully saturated rings. The van der Waals surface area contributed by atoms with Crippen LogP contribution in [0.5, 0.6) is 0 Å². The van der Waals surface area contributed by atoms with Crippen LogP contribution in [0.3, 0.4) is 0 Å². The van der Waals surface area contributed by atoms with Crippen molar-refractivity contribution in [3.8, 4) is 0 Å². The first-order valence-electron chi connectivity index (χ1n) is 9.07. The predicted octanol–water partition coefficient (Wildman–Crippen LogP) is 4.82. The fourth-order valence-corrected chi connectivity index (χ4v) is 6.75. The normalized spacial score (nSPS) is 49.8. The molecule has 0 aromatic carbocycles. The molecule has 4 aliphatic rings. The van der Waals surface area contributed by atoms with Crippen molar-refractivity contribution in [3.05, 3.63) is 23.8 Å². The largest absolute Gasteiger partial charge is 0.481 e. The molecule has 0 aliphatic heterocycles. The van der Waals surface area contributed by atoms with E-state index in [-0.39, 0.29) is 16.7 Å². The maximum Gasteiger partial charge on any atom is 0.307 e. The van der Waals surface area contributed by atoms with Crippen LogP contribution in [0.2, 0.25) is 0 Å². The van der Waals surface area contributed by atoms with Crippen molar-refractivity contribution in [2.75, 3.05) is 0 Å². The number of hydrogen-bond acceptors (Lipinski definition) is 1. The SMILES string of the molecule is C[C@]12CC[C@H]3[C@@H](CCC4=CCC=C[C@@]43C)[C@@H]1CC[C@H]2C(=O)O. The Hall–Kier alpha value is -1.05. The van der Waals surface area contributed by atoms with Crippen molar-refractivity contribution in [2.45, 2.75) is 58.8 Å². The third-order valence-corrected chi connectivity index (χ3v) is 7.91. The van der Waals surface area contributed by atoms with Gasteiger partial charge in [-0.3, -0.25) is 4.79 Å². The zero-order chi connectivity index (χ0) is 15.5. The molecule has 0 aromatic rings. The molecule has 6 atom stereocenters. The first-order chi connectivity index (χ1) is 10.5. The van der Waals surface area contributed by atoms with Crippen LogP contribution < -0.4 is 0 Å². The van der Waals surface area contributed by atoms with Gasteiger partial charge in [-0.15, -0.1) is 0 Å². The van der Waals surface area contributed by atoms with Crippen LogP contribution in [0.15, 0.2) is 23.8 Å². The maximum absolute atomic E-state index is 11.7. The summed E-state index contributed by atoms with van der Waals surface area (Å²) in [5.74, 6) is 1.43. The van der Waals surface area contributed by atoms with E-state index < -0.39 is 5.97 Å². The molecule has 22 heavy (non-hydrogen) atoms. The Labute approximate surface area is 133 Å². The van der Waals surface area contributed by atoms with Crippen LogP contribution >= 0.6 is 0 Å². The summed E-state index contributed by atoms with van der Waals surface area (Å²) >= 11 is 0. The van der Waals surface area contributed by atoms with Crippen LogP contribution in [0.25, 0.3) is 0 Å². The first kappa shape index (κ1) is 14.5. The summed E-state index contributed by atoms with van der Waals surface area (Å²) in [5.41, 5.74) is 1.96. The van der Waals surface area contributed by atoms with Crippen molar-refractivity contribution in [1.82, 2.24) is 0 Å². The molecule has 0 saturated heterocycles. The molecular weight excluding hydrogens is 272 g/mol. The van der Waals surface area contributed by atoms with E-state index >= 15 is 0 Å². The van der Waals surface area contributed by atoms with Gasteiger partial charge >= 0.3 is 5.97 Å². The van der Waals surface area contributed by atoms with Gasteiger partial charge in [-0.25, -0.2) is 0 Å². The monoisotopic (exact) mass is 300 g/mol. The molecule has 0 spiro atoms. The topological polar surface area (TPSA) is 37.3 Å². The minimum absolute atomic E-state index is 0.0446. The van der Waals surface area contributed by atoms with E-state index in [4.69, 9.17) is 0 Å². The molecule has 1 N–H and O–H groups in total. The lowest BCUT2D eigenvalue weighted by Gasteiger charge is -2.56. The standard InChI is InChI=1S/C20H28O2/c1-19-11-4-3-5-13(19)6-7-14-15-8-9-17(18(21)22)20(15,2)12-10-16(14)19/h4-5,11,14-17H,3,6-10,12H2,1-2H3,(H,21,22)/t14-,15-,16-,17-,19-,20-/m0/s1. The average molecular weight is 300 g/mol. The summed E-state index contributed by atoms with van der Waals surface area (Å²) in [4.78, 5) is 11.7. The van der Waals surface area contributed by atoms with E-state index in [0.717, 1.165) is 37.5 Å². The van der Waals surface area contributed by atoms with Crippen LogP contribution in [0, 0.1) is 34.5 Å². The lowest BCUT2D eigenvalue weighted by Crippen LogP contribution is -2.50. The Bertz CT molecular complexity index is 560. The molecule has 0 amide bonds. The predicted molar refractivity (Wildman–Crippen MR) is 87.4 cm³/mol. The number of fused-ring (bicyclic) bond motifs is 5. The number of carbonyl (C=O) groups is 1. The first-order valence-corrected chi connectivity index (χ1v) is 9.07. The van der Waals surface area contributed by atoms with E-state index in [0.29, 0.717) is 5.92 Å². The second kappa shape index (κ2) is 4.72. The second-order valence-corrected chi connectivity index (χ2v) is 8.58. The van der Waals surface area contributed by atoms with Gasteiger partial charge in [-0.1, -0.05) is 37.6 Å². The zero-order valence-electron chi connectivity index (χ0n) is 13.8. The minimum atomic E-state index is -0.552. The van der Waals surface area contributed by atoms with Crippen LogP contribution in [0.1, 0.15) is 58.8 Å². The quantitative estimate of drug-likeness (QED) is 0.705. The second-order valence-electron chi connectivity index (χ2n) is 8.58. The highest BCUT2D eigenvalue weighted by Crippen LogP contribution is 2.65. The highest BCUT2D eigenvalue weighted by Gasteiger charge is 2.59. The van der Waals surface area contributed by atoms with Gasteiger partial charge in [0.1, 0.15) is 0 Å². The van der Waals surface area contributed by atoms with Gasteiger partial charge < -0.3 is 5.11 Å². The summed E-state index contributed by atoms with van der Waals surface area (Å²) in [6.45, 7) is 4.72. The van der Waals surface area contributed by atoms with Gasteiger partial charge in [0.15, 0.2) is 0 Å². The van der Waals surface area contributed by atoms with Gasteiger partial charge in [0.05, 0.1) is 5.92 Å². The number of aliphatic carboxylic acids is 1. The van der Waals surface area contributed by atoms with Crippen LogP contribution in [-0.2, 0) is 4.79 Å². The average Bonchev–Trinajstić information content (AvgIpc) is 2.84. The summed E-state index contributed by atoms with van der Waals surface area (Å²) in [5, 5.41) is 9.63. The van der Waals surface area contributed by atoms with Crippen molar-refractivity contribution < 1.29 is 9.90 Å². The lowest BCUT2D eigenvalue weighted by atomic mass is 9.48. The van der Waals surface area contributed by atoms with E-state index in [1.807, 2.05) is 0 Å². The molecule has 0 heterocycles. The molecule has 0 bridgehead atoms. The summed E-state index contributed by atoms with van der Waals surface area (Å²) in [7, 11) is 0. The Morgan fingerprint density at radius 1 is 1.18 bits per heavy atom. The molecule has 4 rings (SSSR count). The van der Waals surface area contributed by atoms with Crippen molar-refractivity contribution in [3.63, 3.8) is 0 Å². The van der Waals surface area contributed by atoms with E-state index in [2.05, 4.69) is 32.1 Å². The molecule has 2 nitrogen and oxygen atoms in total. The summed E-state index contributed by atoms with van der Waals surface area (Å²) in [6.07, 6.45) is 15.2. The van der Waals surface area contributed by atoms with Crippen LogP contribution in [0.4, 0.5) is 0 Å². The maximum atomic E-state index is 11.7. The number of allylic oxidation sites excluding steroid dienone is 4. The minimum Gasteiger partial charge on any atom is -0.481 e. The molecule has 4 aliphatic carbocycles. The molecular formula is C20H28O2. The van der Waals surface area contributed by atoms with E-state index in [9.17, 15) is 9.90 Å². The smallest absolute Gasteiger partial charge is 0.307 e. The Morgan fingerprint density at radius 3 is 2.77 bits per heavy atom. The third-order valence-electron chi connectivity index (χ3n) is 7.91. The number of rotatable bonds is 1. The fraction of sp³-hybridized carbons (Fsp3) is 0.750. The van der Waals surface area contributed by atoms with Gasteiger partial charge in [0, 0.05) is 5.41 Å². The van der Waals surface area contributed by atoms with Gasteiger partial charge in [0.25, 0.3) is 0 Å². The summed E-state index contributed by atoms with van der Waals surface area (Å²) < 4.78 is 0. The highest BCUT2D eigenvalue weighted by molar-refractivity contribution is 5.71. The Morgan fingerprint density at radius 2 is 2.00 bits per heavy atom. The number of carboxylic acids is 1. The number of hydrogen-bond donors (Lipinski definition) is 1. The van der Waals surface area contributed by atoms with Crippen molar-refractivity contribution in [2.24, 2.45) is 34.5 Å². The van der Waals surface area contributed by atoms with E-state index in [1.54, 1.807) is 5.57 Å². The van der Waals surface area contributed by atoms with Gasteiger partial charge in [0.2, 0.25) is 0 Å².